The van der Waals surface area contributed by atoms with Gasteiger partial charge in [-0.05, 0) is 56.8 Å². The SMILES string of the molecule is O=C(NC[C@@H]1CCCO1)c1c[nH]c2cc(Br)c(Br)cc12. The van der Waals surface area contributed by atoms with E-state index in [1.165, 1.54) is 0 Å². The molecule has 1 fully saturated rings. The van der Waals surface area contributed by atoms with Crippen LogP contribution < -0.4 is 5.32 Å². The summed E-state index contributed by atoms with van der Waals surface area (Å²) >= 11 is 6.92. The molecule has 0 bridgehead atoms. The summed E-state index contributed by atoms with van der Waals surface area (Å²) < 4.78 is 7.39. The van der Waals surface area contributed by atoms with Crippen LogP contribution in [0.2, 0.25) is 0 Å². The molecule has 2 N–H and O–H groups in total. The predicted octanol–water partition coefficient (Wildman–Crippen LogP) is 3.60. The van der Waals surface area contributed by atoms with Crippen LogP contribution >= 0.6 is 31.9 Å². The van der Waals surface area contributed by atoms with Gasteiger partial charge >= 0.3 is 0 Å². The number of nitrogens with one attached hydrogen (secondary N) is 2. The molecule has 6 heteroatoms. The van der Waals surface area contributed by atoms with Crippen LogP contribution in [0.1, 0.15) is 23.2 Å². The van der Waals surface area contributed by atoms with Crippen molar-refractivity contribution in [1.82, 2.24) is 10.3 Å². The molecule has 2 heterocycles. The molecule has 3 rings (SSSR count). The van der Waals surface area contributed by atoms with Gasteiger partial charge in [-0.1, -0.05) is 0 Å². The standard InChI is InChI=1S/C14H14Br2N2O2/c15-11-4-9-10(7-17-13(9)5-12(11)16)14(19)18-6-8-2-1-3-20-8/h4-5,7-8,17H,1-3,6H2,(H,18,19)/t8-/m0/s1. The quantitative estimate of drug-likeness (QED) is 0.825. The highest BCUT2D eigenvalue weighted by molar-refractivity contribution is 9.13. The molecule has 0 unspecified atom stereocenters. The highest BCUT2D eigenvalue weighted by atomic mass is 79.9. The number of aromatic nitrogens is 1. The molecule has 1 aromatic heterocycles. The number of hydrogen-bond donors (Lipinski definition) is 2. The minimum atomic E-state index is -0.0685. The van der Waals surface area contributed by atoms with Crippen LogP contribution in [0.25, 0.3) is 10.9 Å². The zero-order valence-electron chi connectivity index (χ0n) is 10.7. The number of benzene rings is 1. The Kier molecular flexibility index (Phi) is 4.14. The highest BCUT2D eigenvalue weighted by Gasteiger charge is 2.18. The lowest BCUT2D eigenvalue weighted by Gasteiger charge is -2.10. The third-order valence-corrected chi connectivity index (χ3v) is 5.33. The van der Waals surface area contributed by atoms with Gasteiger partial charge in [0.2, 0.25) is 0 Å². The topological polar surface area (TPSA) is 54.1 Å². The van der Waals surface area contributed by atoms with Gasteiger partial charge in [-0.2, -0.15) is 0 Å². The Morgan fingerprint density at radius 2 is 2.20 bits per heavy atom. The first kappa shape index (κ1) is 14.1. The van der Waals surface area contributed by atoms with E-state index in [0.717, 1.165) is 39.3 Å². The van der Waals surface area contributed by atoms with Crippen molar-refractivity contribution in [1.29, 1.82) is 0 Å². The van der Waals surface area contributed by atoms with Crippen LogP contribution in [0.4, 0.5) is 0 Å². The zero-order chi connectivity index (χ0) is 14.1. The molecule has 2 aromatic rings. The molecule has 1 atom stereocenters. The van der Waals surface area contributed by atoms with Gasteiger partial charge in [0.15, 0.2) is 0 Å². The molecule has 106 valence electrons. The molecule has 1 aliphatic rings. The van der Waals surface area contributed by atoms with Gasteiger partial charge in [-0.25, -0.2) is 0 Å². The molecule has 1 saturated heterocycles. The summed E-state index contributed by atoms with van der Waals surface area (Å²) in [7, 11) is 0. The summed E-state index contributed by atoms with van der Waals surface area (Å²) in [5.41, 5.74) is 1.59. The number of ether oxygens (including phenoxy) is 1. The number of fused-ring (bicyclic) bond motifs is 1. The van der Waals surface area contributed by atoms with Crippen LogP contribution in [-0.2, 0) is 4.74 Å². The third kappa shape index (κ3) is 2.77. The summed E-state index contributed by atoms with van der Waals surface area (Å²) in [6, 6.07) is 3.90. The number of H-pyrrole nitrogens is 1. The van der Waals surface area contributed by atoms with E-state index < -0.39 is 0 Å². The summed E-state index contributed by atoms with van der Waals surface area (Å²) in [5.74, 6) is -0.0685. The first-order valence-electron chi connectivity index (χ1n) is 6.51. The fourth-order valence-corrected chi connectivity index (χ4v) is 3.10. The second kappa shape index (κ2) is 5.87. The van der Waals surface area contributed by atoms with Gasteiger partial charge < -0.3 is 15.0 Å². The Labute approximate surface area is 133 Å². The van der Waals surface area contributed by atoms with Crippen molar-refractivity contribution >= 4 is 48.7 Å². The number of carbonyl (C=O) groups excluding carboxylic acids is 1. The van der Waals surface area contributed by atoms with E-state index >= 15 is 0 Å². The molecule has 1 aromatic carbocycles. The maximum atomic E-state index is 12.3. The summed E-state index contributed by atoms with van der Waals surface area (Å²) in [5, 5.41) is 3.85. The molecule has 1 aliphatic heterocycles. The van der Waals surface area contributed by atoms with Crippen LogP contribution in [0, 0.1) is 0 Å². The number of amides is 1. The fourth-order valence-electron chi connectivity index (χ4n) is 2.41. The Balaban J connectivity index is 1.78. The Morgan fingerprint density at radius 1 is 1.40 bits per heavy atom. The lowest BCUT2D eigenvalue weighted by molar-refractivity contribution is 0.0859. The molecule has 4 nitrogen and oxygen atoms in total. The Hall–Kier alpha value is -0.850. The number of aromatic amines is 1. The van der Waals surface area contributed by atoms with Crippen LogP contribution in [-0.4, -0.2) is 30.1 Å². The van der Waals surface area contributed by atoms with Crippen molar-refractivity contribution in [2.45, 2.75) is 18.9 Å². The average Bonchev–Trinajstić information content (AvgIpc) is 3.06. The minimum Gasteiger partial charge on any atom is -0.376 e. The molecule has 0 saturated carbocycles. The maximum Gasteiger partial charge on any atom is 0.253 e. The fraction of sp³-hybridized carbons (Fsp3) is 0.357. The number of rotatable bonds is 3. The van der Waals surface area contributed by atoms with E-state index in [9.17, 15) is 4.79 Å². The lowest BCUT2D eigenvalue weighted by Crippen LogP contribution is -2.31. The van der Waals surface area contributed by atoms with Crippen molar-refractivity contribution in [2.24, 2.45) is 0 Å². The molecule has 0 aliphatic carbocycles. The van der Waals surface area contributed by atoms with Crippen molar-refractivity contribution in [3.8, 4) is 0 Å². The van der Waals surface area contributed by atoms with Gasteiger partial charge in [0.1, 0.15) is 0 Å². The number of hydrogen-bond acceptors (Lipinski definition) is 2. The first-order valence-corrected chi connectivity index (χ1v) is 8.09. The van der Waals surface area contributed by atoms with E-state index in [4.69, 9.17) is 4.74 Å². The summed E-state index contributed by atoms with van der Waals surface area (Å²) in [6.45, 7) is 1.37. The first-order chi connectivity index (χ1) is 9.65. The van der Waals surface area contributed by atoms with Crippen molar-refractivity contribution in [3.63, 3.8) is 0 Å². The highest BCUT2D eigenvalue weighted by Crippen LogP contribution is 2.30. The predicted molar refractivity (Wildman–Crippen MR) is 85.0 cm³/mol. The Morgan fingerprint density at radius 3 is 2.95 bits per heavy atom. The normalized spacial score (nSPS) is 18.6. The molecule has 0 spiro atoms. The van der Waals surface area contributed by atoms with Crippen molar-refractivity contribution in [3.05, 3.63) is 32.8 Å². The average molecular weight is 402 g/mol. The minimum absolute atomic E-state index is 0.0685. The van der Waals surface area contributed by atoms with Gasteiger partial charge in [0.25, 0.3) is 5.91 Å². The van der Waals surface area contributed by atoms with Crippen LogP contribution in [0.3, 0.4) is 0 Å². The molecular weight excluding hydrogens is 388 g/mol. The van der Waals surface area contributed by atoms with Crippen molar-refractivity contribution in [2.75, 3.05) is 13.2 Å². The molecule has 1 amide bonds. The monoisotopic (exact) mass is 400 g/mol. The zero-order valence-corrected chi connectivity index (χ0v) is 13.9. The largest absolute Gasteiger partial charge is 0.376 e. The molecule has 20 heavy (non-hydrogen) atoms. The lowest BCUT2D eigenvalue weighted by atomic mass is 10.1. The van der Waals surface area contributed by atoms with Gasteiger partial charge in [0, 0.05) is 39.2 Å². The van der Waals surface area contributed by atoms with E-state index in [0.29, 0.717) is 12.1 Å². The number of carbonyl (C=O) groups is 1. The maximum absolute atomic E-state index is 12.3. The third-order valence-electron chi connectivity index (χ3n) is 3.48. The van der Waals surface area contributed by atoms with E-state index in [-0.39, 0.29) is 12.0 Å². The van der Waals surface area contributed by atoms with Gasteiger partial charge in [0.05, 0.1) is 11.7 Å². The second-order valence-electron chi connectivity index (χ2n) is 4.86. The Bertz CT molecular complexity index is 648. The van der Waals surface area contributed by atoms with Crippen LogP contribution in [0.15, 0.2) is 27.3 Å². The summed E-state index contributed by atoms with van der Waals surface area (Å²) in [4.78, 5) is 15.4. The molecular formula is C14H14Br2N2O2. The van der Waals surface area contributed by atoms with Gasteiger partial charge in [-0.15, -0.1) is 0 Å². The van der Waals surface area contributed by atoms with Gasteiger partial charge in [-0.3, -0.25) is 4.79 Å². The van der Waals surface area contributed by atoms with E-state index in [1.54, 1.807) is 6.20 Å². The van der Waals surface area contributed by atoms with Crippen molar-refractivity contribution < 1.29 is 9.53 Å². The number of halogens is 2. The van der Waals surface area contributed by atoms with E-state index in [1.807, 2.05) is 12.1 Å². The van der Waals surface area contributed by atoms with Crippen LogP contribution in [0.5, 0.6) is 0 Å². The van der Waals surface area contributed by atoms with E-state index in [2.05, 4.69) is 42.2 Å². The second-order valence-corrected chi connectivity index (χ2v) is 6.57. The molecule has 0 radical (unpaired) electrons. The summed E-state index contributed by atoms with van der Waals surface area (Å²) in [6.07, 6.45) is 4.00. The smallest absolute Gasteiger partial charge is 0.253 e.